The zero-order valence-electron chi connectivity index (χ0n) is 18.4. The van der Waals surface area contributed by atoms with Crippen molar-refractivity contribution in [2.45, 2.75) is 6.42 Å². The Bertz CT molecular complexity index is 1270. The largest absolute Gasteiger partial charge is 0.388 e. The lowest BCUT2D eigenvalue weighted by atomic mass is 9.78. The summed E-state index contributed by atoms with van der Waals surface area (Å²) in [5.74, 6) is 0. The molecule has 7 heteroatoms. The molecule has 2 aliphatic rings. The Morgan fingerprint density at radius 1 is 0.970 bits per heavy atom. The van der Waals surface area contributed by atoms with Gasteiger partial charge in [-0.3, -0.25) is 0 Å². The maximum atomic E-state index is 6.22. The van der Waals surface area contributed by atoms with Crippen molar-refractivity contribution < 1.29 is 4.74 Å². The van der Waals surface area contributed by atoms with Crippen LogP contribution < -0.4 is 5.32 Å². The third-order valence-electron chi connectivity index (χ3n) is 6.50. The van der Waals surface area contributed by atoms with Crippen LogP contribution in [0.3, 0.4) is 0 Å². The van der Waals surface area contributed by atoms with Crippen LogP contribution in [0.4, 0.5) is 5.69 Å². The van der Waals surface area contributed by atoms with Gasteiger partial charge in [-0.1, -0.05) is 46.9 Å². The first kappa shape index (κ1) is 22.8. The third kappa shape index (κ3) is 4.68. The second kappa shape index (κ2) is 9.36. The van der Waals surface area contributed by atoms with Crippen molar-refractivity contribution in [1.29, 1.82) is 0 Å². The van der Waals surface area contributed by atoms with Crippen LogP contribution in [0.25, 0.3) is 21.8 Å². The Labute approximate surface area is 208 Å². The summed E-state index contributed by atoms with van der Waals surface area (Å²) in [7, 11) is 1.97. The number of halogens is 3. The zero-order chi connectivity index (χ0) is 23.0. The molecule has 6 rings (SSSR count). The van der Waals surface area contributed by atoms with Crippen LogP contribution in [0, 0.1) is 5.41 Å². The first-order chi connectivity index (χ1) is 16.0. The molecule has 4 aromatic rings. The average molecular weight is 503 g/mol. The summed E-state index contributed by atoms with van der Waals surface area (Å²) in [5, 5.41) is 7.72. The fraction of sp³-hybridized carbons (Fsp3) is 0.308. The van der Waals surface area contributed by atoms with Crippen LogP contribution in [0.1, 0.15) is 5.56 Å². The lowest BCUT2D eigenvalue weighted by molar-refractivity contribution is -0.188. The Balaban J connectivity index is 0.000000243. The smallest absolute Gasteiger partial charge is 0.0592 e. The molecule has 2 fully saturated rings. The molecule has 0 bridgehead atoms. The first-order valence-corrected chi connectivity index (χ1v) is 12.2. The Kier molecular flexibility index (Phi) is 6.47. The minimum absolute atomic E-state index is 0.486. The summed E-state index contributed by atoms with van der Waals surface area (Å²) in [4.78, 5) is 6.14. The highest BCUT2D eigenvalue weighted by atomic mass is 35.5. The summed E-state index contributed by atoms with van der Waals surface area (Å²) in [5.41, 5.74) is 5.37. The fourth-order valence-electron chi connectivity index (χ4n) is 4.74. The number of H-pyrrole nitrogens is 1. The number of hydrogen-bond donors (Lipinski definition) is 2. The lowest BCUT2D eigenvalue weighted by Gasteiger charge is -2.55. The number of nitrogens with one attached hydrogen (secondary N) is 2. The van der Waals surface area contributed by atoms with Gasteiger partial charge in [0.25, 0.3) is 0 Å². The maximum absolute atomic E-state index is 6.22. The molecule has 2 aliphatic heterocycles. The van der Waals surface area contributed by atoms with Crippen molar-refractivity contribution in [3.8, 4) is 0 Å². The van der Waals surface area contributed by atoms with Gasteiger partial charge in [0.15, 0.2) is 0 Å². The number of aromatic amines is 1. The molecule has 0 saturated carbocycles. The molecule has 3 aromatic carbocycles. The van der Waals surface area contributed by atoms with Gasteiger partial charge in [0.1, 0.15) is 0 Å². The average Bonchev–Trinajstić information content (AvgIpc) is 3.12. The summed E-state index contributed by atoms with van der Waals surface area (Å²) < 4.78 is 5.37. The maximum Gasteiger partial charge on any atom is 0.0592 e. The summed E-state index contributed by atoms with van der Waals surface area (Å²) in [6.45, 7) is 5.37. The van der Waals surface area contributed by atoms with E-state index >= 15 is 0 Å². The molecular formula is C26H26Cl3N3O. The van der Waals surface area contributed by atoms with E-state index in [1.807, 2.05) is 25.2 Å². The van der Waals surface area contributed by atoms with Gasteiger partial charge in [-0.2, -0.15) is 0 Å². The van der Waals surface area contributed by atoms with Crippen LogP contribution in [0.2, 0.25) is 15.1 Å². The molecule has 0 radical (unpaired) electrons. The summed E-state index contributed by atoms with van der Waals surface area (Å²) in [6.07, 6.45) is 1.05. The first-order valence-electron chi connectivity index (χ1n) is 11.1. The monoisotopic (exact) mass is 501 g/mol. The number of rotatable bonds is 4. The minimum Gasteiger partial charge on any atom is -0.388 e. The number of ether oxygens (including phenoxy) is 1. The van der Waals surface area contributed by atoms with E-state index in [1.54, 1.807) is 12.1 Å². The minimum atomic E-state index is 0.486. The Hall–Kier alpha value is -1.95. The molecule has 33 heavy (non-hydrogen) atoms. The van der Waals surface area contributed by atoms with Gasteiger partial charge in [-0.25, -0.2) is 0 Å². The SMILES string of the molecule is CNc1cc(CCN2CC3(COC3)C2)c2[nH]c3ccc(Cl)cc3c2c1.Clc1ccccc1Cl. The highest BCUT2D eigenvalue weighted by Crippen LogP contribution is 2.38. The molecule has 0 atom stereocenters. The van der Waals surface area contributed by atoms with E-state index in [-0.39, 0.29) is 0 Å². The molecule has 1 spiro atoms. The standard InChI is InChI=1S/C20H22ClN3O.C6H4Cl2/c1-22-15-6-13(4-5-24-9-20(10-24)11-25-12-20)19-17(8-15)16-7-14(21)2-3-18(16)23-19;7-5-3-1-2-4-6(5)8/h2-3,6-8,22-23H,4-5,9-12H2,1H3;1-4H. The molecule has 3 heterocycles. The highest BCUT2D eigenvalue weighted by molar-refractivity contribution is 6.41. The van der Waals surface area contributed by atoms with Gasteiger partial charge in [-0.15, -0.1) is 0 Å². The van der Waals surface area contributed by atoms with Crippen molar-refractivity contribution >= 4 is 62.3 Å². The topological polar surface area (TPSA) is 40.3 Å². The zero-order valence-corrected chi connectivity index (χ0v) is 20.7. The molecule has 2 saturated heterocycles. The third-order valence-corrected chi connectivity index (χ3v) is 7.49. The van der Waals surface area contributed by atoms with Gasteiger partial charge < -0.3 is 19.9 Å². The normalized spacial score (nSPS) is 16.8. The van der Waals surface area contributed by atoms with E-state index in [2.05, 4.69) is 39.5 Å². The molecule has 2 N–H and O–H groups in total. The summed E-state index contributed by atoms with van der Waals surface area (Å²) in [6, 6.07) is 17.7. The van der Waals surface area contributed by atoms with Gasteiger partial charge in [0.2, 0.25) is 0 Å². The van der Waals surface area contributed by atoms with Gasteiger partial charge >= 0.3 is 0 Å². The molecule has 172 valence electrons. The van der Waals surface area contributed by atoms with E-state index in [9.17, 15) is 0 Å². The van der Waals surface area contributed by atoms with Gasteiger partial charge in [0, 0.05) is 64.6 Å². The molecular weight excluding hydrogens is 477 g/mol. The predicted molar refractivity (Wildman–Crippen MR) is 140 cm³/mol. The van der Waals surface area contributed by atoms with Crippen molar-refractivity contribution in [3.05, 3.63) is 75.2 Å². The van der Waals surface area contributed by atoms with Crippen LogP contribution >= 0.6 is 34.8 Å². The van der Waals surface area contributed by atoms with Crippen LogP contribution in [-0.4, -0.2) is 49.8 Å². The Morgan fingerprint density at radius 2 is 1.70 bits per heavy atom. The van der Waals surface area contributed by atoms with Crippen LogP contribution in [0.15, 0.2) is 54.6 Å². The van der Waals surface area contributed by atoms with E-state index < -0.39 is 0 Å². The number of likely N-dealkylation sites (tertiary alicyclic amines) is 1. The number of nitrogens with zero attached hydrogens (tertiary/aromatic N) is 1. The lowest BCUT2D eigenvalue weighted by Crippen LogP contribution is -2.66. The van der Waals surface area contributed by atoms with E-state index in [1.165, 1.54) is 34.9 Å². The molecule has 4 nitrogen and oxygen atoms in total. The second-order valence-electron chi connectivity index (χ2n) is 8.99. The van der Waals surface area contributed by atoms with Crippen LogP contribution in [0.5, 0.6) is 0 Å². The number of anilines is 1. The van der Waals surface area contributed by atoms with E-state index in [0.717, 1.165) is 42.4 Å². The van der Waals surface area contributed by atoms with Crippen molar-refractivity contribution in [2.75, 3.05) is 45.2 Å². The highest BCUT2D eigenvalue weighted by Gasteiger charge is 2.48. The number of benzene rings is 3. The molecule has 1 aromatic heterocycles. The van der Waals surface area contributed by atoms with Crippen molar-refractivity contribution in [2.24, 2.45) is 5.41 Å². The van der Waals surface area contributed by atoms with E-state index in [4.69, 9.17) is 39.5 Å². The molecule has 0 unspecified atom stereocenters. The number of fused-ring (bicyclic) bond motifs is 3. The predicted octanol–water partition coefficient (Wildman–Crippen LogP) is 6.88. The summed E-state index contributed by atoms with van der Waals surface area (Å²) >= 11 is 17.4. The van der Waals surface area contributed by atoms with E-state index in [0.29, 0.717) is 15.5 Å². The number of hydrogen-bond acceptors (Lipinski definition) is 3. The van der Waals surface area contributed by atoms with Crippen LogP contribution in [-0.2, 0) is 11.2 Å². The molecule has 0 amide bonds. The van der Waals surface area contributed by atoms with Gasteiger partial charge in [0.05, 0.1) is 23.3 Å². The van der Waals surface area contributed by atoms with Crippen molar-refractivity contribution in [3.63, 3.8) is 0 Å². The molecule has 0 aliphatic carbocycles. The van der Waals surface area contributed by atoms with Crippen molar-refractivity contribution in [1.82, 2.24) is 9.88 Å². The quantitative estimate of drug-likeness (QED) is 0.319. The fourth-order valence-corrected chi connectivity index (χ4v) is 5.18. The Morgan fingerprint density at radius 3 is 2.30 bits per heavy atom. The van der Waals surface area contributed by atoms with Gasteiger partial charge in [-0.05, 0) is 54.4 Å². The number of aromatic nitrogens is 1. The second-order valence-corrected chi connectivity index (χ2v) is 10.2.